The minimum atomic E-state index is -1.15. The molecule has 1 aromatic carbocycles. The number of rotatable bonds is 8. The second kappa shape index (κ2) is 7.76. The quantitative estimate of drug-likeness (QED) is 0.761. The van der Waals surface area contributed by atoms with E-state index >= 15 is 0 Å². The van der Waals surface area contributed by atoms with Crippen LogP contribution in [0.15, 0.2) is 24.4 Å². The number of benzene rings is 1. The number of nitrogens with zero attached hydrogens (tertiary/aromatic N) is 3. The van der Waals surface area contributed by atoms with Crippen LogP contribution in [0.4, 0.5) is 0 Å². The van der Waals surface area contributed by atoms with Gasteiger partial charge in [0, 0.05) is 6.54 Å². The Hall–Kier alpha value is -2.25. The number of carboxylic acids is 1. The van der Waals surface area contributed by atoms with Gasteiger partial charge in [-0.15, -0.1) is 5.10 Å². The third-order valence-corrected chi connectivity index (χ3v) is 4.36. The van der Waals surface area contributed by atoms with Crippen molar-refractivity contribution in [1.29, 1.82) is 0 Å². The van der Waals surface area contributed by atoms with Crippen LogP contribution in [0.5, 0.6) is 0 Å². The molecule has 1 heterocycles. The Labute approximate surface area is 147 Å². The van der Waals surface area contributed by atoms with Gasteiger partial charge in [0.1, 0.15) is 5.69 Å². The maximum atomic E-state index is 11.8. The first-order valence-electron chi connectivity index (χ1n) is 8.23. The summed E-state index contributed by atoms with van der Waals surface area (Å²) in [6.45, 7) is 7.86. The van der Waals surface area contributed by atoms with Gasteiger partial charge in [0.25, 0.3) is 0 Å². The summed E-state index contributed by atoms with van der Waals surface area (Å²) in [7, 11) is 0. The van der Waals surface area contributed by atoms with Gasteiger partial charge in [-0.3, -0.25) is 9.48 Å². The number of ether oxygens (including phenoxy) is 1. The largest absolute Gasteiger partial charge is 0.481 e. The zero-order valence-corrected chi connectivity index (χ0v) is 15.1. The minimum absolute atomic E-state index is 0.106. The minimum Gasteiger partial charge on any atom is -0.481 e. The maximum absolute atomic E-state index is 11.8. The Morgan fingerprint density at radius 2 is 2.12 bits per heavy atom. The summed E-state index contributed by atoms with van der Waals surface area (Å²) in [5, 5.41) is 27.1. The van der Waals surface area contributed by atoms with Crippen molar-refractivity contribution in [3.63, 3.8) is 0 Å². The Morgan fingerprint density at radius 3 is 2.68 bits per heavy atom. The molecule has 0 aliphatic rings. The van der Waals surface area contributed by atoms with Crippen LogP contribution in [-0.4, -0.2) is 31.2 Å². The molecule has 2 N–H and O–H groups in total. The first-order valence-corrected chi connectivity index (χ1v) is 8.23. The van der Waals surface area contributed by atoms with Crippen molar-refractivity contribution in [2.45, 2.75) is 53.6 Å². The van der Waals surface area contributed by atoms with Crippen molar-refractivity contribution in [2.24, 2.45) is 5.41 Å². The standard InChI is InChI=1S/C18H25N3O4/c1-5-21-9-15(19-20-21)11-25-16(18(3,4)17(23)24)13-7-6-12(2)14(8-13)10-22/h6-9,16,22H,5,10-11H2,1-4H3,(H,23,24)/t16-/m1/s1. The molecule has 0 radical (unpaired) electrons. The number of aliphatic hydroxyl groups excluding tert-OH is 1. The van der Waals surface area contributed by atoms with Crippen molar-refractivity contribution in [1.82, 2.24) is 15.0 Å². The number of aromatic nitrogens is 3. The average Bonchev–Trinajstić information content (AvgIpc) is 3.04. The number of aryl methyl sites for hydroxylation is 2. The molecule has 0 aliphatic heterocycles. The molecule has 2 aromatic rings. The van der Waals surface area contributed by atoms with E-state index in [9.17, 15) is 15.0 Å². The number of carbonyl (C=O) groups is 1. The van der Waals surface area contributed by atoms with Crippen LogP contribution in [0, 0.1) is 12.3 Å². The summed E-state index contributed by atoms with van der Waals surface area (Å²) in [5.41, 5.74) is 1.91. The second-order valence-electron chi connectivity index (χ2n) is 6.63. The van der Waals surface area contributed by atoms with E-state index in [1.807, 2.05) is 26.0 Å². The van der Waals surface area contributed by atoms with Crippen LogP contribution in [0.2, 0.25) is 0 Å². The van der Waals surface area contributed by atoms with E-state index in [2.05, 4.69) is 10.3 Å². The summed E-state index contributed by atoms with van der Waals surface area (Å²) in [6.07, 6.45) is 1.08. The summed E-state index contributed by atoms with van der Waals surface area (Å²) >= 11 is 0. The fraction of sp³-hybridized carbons (Fsp3) is 0.500. The molecule has 0 amide bonds. The van der Waals surface area contributed by atoms with Gasteiger partial charge in [-0.1, -0.05) is 23.4 Å². The third-order valence-electron chi connectivity index (χ3n) is 4.36. The highest BCUT2D eigenvalue weighted by Crippen LogP contribution is 2.38. The van der Waals surface area contributed by atoms with Gasteiger partial charge in [-0.2, -0.15) is 0 Å². The monoisotopic (exact) mass is 347 g/mol. The lowest BCUT2D eigenvalue weighted by atomic mass is 9.82. The molecule has 1 atom stereocenters. The van der Waals surface area contributed by atoms with Crippen molar-refractivity contribution < 1.29 is 19.7 Å². The van der Waals surface area contributed by atoms with Crippen molar-refractivity contribution in [2.75, 3.05) is 0 Å². The molecule has 2 rings (SSSR count). The second-order valence-corrected chi connectivity index (χ2v) is 6.63. The third kappa shape index (κ3) is 4.24. The van der Waals surface area contributed by atoms with Gasteiger partial charge in [-0.25, -0.2) is 0 Å². The van der Waals surface area contributed by atoms with Crippen LogP contribution in [0.3, 0.4) is 0 Å². The zero-order chi connectivity index (χ0) is 18.6. The van der Waals surface area contributed by atoms with E-state index in [4.69, 9.17) is 4.74 Å². The molecule has 0 saturated carbocycles. The maximum Gasteiger partial charge on any atom is 0.312 e. The Balaban J connectivity index is 2.31. The van der Waals surface area contributed by atoms with E-state index in [0.717, 1.165) is 11.1 Å². The van der Waals surface area contributed by atoms with Gasteiger partial charge >= 0.3 is 5.97 Å². The first kappa shape index (κ1) is 19.1. The highest BCUT2D eigenvalue weighted by molar-refractivity contribution is 5.74. The molecule has 7 heteroatoms. The predicted octanol–water partition coefficient (Wildman–Crippen LogP) is 2.47. The number of aliphatic carboxylic acids is 1. The molecule has 136 valence electrons. The molecule has 1 aromatic heterocycles. The van der Waals surface area contributed by atoms with E-state index < -0.39 is 17.5 Å². The molecule has 0 unspecified atom stereocenters. The highest BCUT2D eigenvalue weighted by Gasteiger charge is 2.39. The lowest BCUT2D eigenvalue weighted by molar-refractivity contribution is -0.158. The molecule has 0 spiro atoms. The Bertz CT molecular complexity index is 740. The molecule has 0 saturated heterocycles. The lowest BCUT2D eigenvalue weighted by Crippen LogP contribution is -2.33. The van der Waals surface area contributed by atoms with Crippen molar-refractivity contribution in [3.05, 3.63) is 46.8 Å². The summed E-state index contributed by atoms with van der Waals surface area (Å²) in [5.74, 6) is -0.958. The summed E-state index contributed by atoms with van der Waals surface area (Å²) in [6, 6.07) is 5.50. The van der Waals surface area contributed by atoms with Gasteiger partial charge in [-0.05, 0) is 44.4 Å². The molecule has 7 nitrogen and oxygen atoms in total. The lowest BCUT2D eigenvalue weighted by Gasteiger charge is -2.31. The van der Waals surface area contributed by atoms with Gasteiger partial charge in [0.15, 0.2) is 0 Å². The normalized spacial score (nSPS) is 13.0. The van der Waals surface area contributed by atoms with E-state index in [1.54, 1.807) is 30.8 Å². The molecular weight excluding hydrogens is 322 g/mol. The molecule has 0 aliphatic carbocycles. The molecule has 0 fully saturated rings. The molecule has 0 bridgehead atoms. The Kier molecular flexibility index (Phi) is 5.92. The van der Waals surface area contributed by atoms with Gasteiger partial charge < -0.3 is 14.9 Å². The van der Waals surface area contributed by atoms with E-state index in [-0.39, 0.29) is 13.2 Å². The Morgan fingerprint density at radius 1 is 1.40 bits per heavy atom. The average molecular weight is 347 g/mol. The van der Waals surface area contributed by atoms with Crippen LogP contribution in [0.1, 0.15) is 49.3 Å². The fourth-order valence-corrected chi connectivity index (χ4v) is 2.59. The van der Waals surface area contributed by atoms with Crippen LogP contribution in [0.25, 0.3) is 0 Å². The molecule has 25 heavy (non-hydrogen) atoms. The van der Waals surface area contributed by atoms with Crippen molar-refractivity contribution >= 4 is 5.97 Å². The van der Waals surface area contributed by atoms with Crippen LogP contribution in [-0.2, 0) is 29.3 Å². The van der Waals surface area contributed by atoms with Crippen molar-refractivity contribution in [3.8, 4) is 0 Å². The van der Waals surface area contributed by atoms with Crippen LogP contribution < -0.4 is 0 Å². The number of hydrogen-bond donors (Lipinski definition) is 2. The topological polar surface area (TPSA) is 97.5 Å². The van der Waals surface area contributed by atoms with Gasteiger partial charge in [0.05, 0.1) is 30.9 Å². The SMILES string of the molecule is CCn1cc(CO[C@H](c2ccc(C)c(CO)c2)C(C)(C)C(=O)O)nn1. The smallest absolute Gasteiger partial charge is 0.312 e. The summed E-state index contributed by atoms with van der Waals surface area (Å²) < 4.78 is 7.65. The number of hydrogen-bond acceptors (Lipinski definition) is 5. The van der Waals surface area contributed by atoms with E-state index in [0.29, 0.717) is 17.8 Å². The fourth-order valence-electron chi connectivity index (χ4n) is 2.59. The van der Waals surface area contributed by atoms with Crippen LogP contribution >= 0.6 is 0 Å². The number of carboxylic acid groups (broad SMARTS) is 1. The molecular formula is C18H25N3O4. The zero-order valence-electron chi connectivity index (χ0n) is 15.1. The first-order chi connectivity index (χ1) is 11.8. The predicted molar refractivity (Wildman–Crippen MR) is 91.7 cm³/mol. The summed E-state index contributed by atoms with van der Waals surface area (Å²) in [4.78, 5) is 11.8. The number of aliphatic hydroxyl groups is 1. The van der Waals surface area contributed by atoms with E-state index in [1.165, 1.54) is 0 Å². The highest BCUT2D eigenvalue weighted by atomic mass is 16.5. The van der Waals surface area contributed by atoms with Gasteiger partial charge in [0.2, 0.25) is 0 Å².